The molecule has 1 unspecified atom stereocenters. The minimum Gasteiger partial charge on any atom is -0.456 e. The van der Waals surface area contributed by atoms with Crippen LogP contribution in [-0.4, -0.2) is 25.8 Å². The highest BCUT2D eigenvalue weighted by Gasteiger charge is 2.22. The molecule has 1 aromatic carbocycles. The Bertz CT molecular complexity index is 423. The van der Waals surface area contributed by atoms with Crippen molar-refractivity contribution < 1.29 is 23.0 Å². The molecule has 0 saturated carbocycles. The number of nitrogen functional groups attached to an aromatic ring is 1. The monoisotopic (exact) mass is 245 g/mol. The minimum absolute atomic E-state index is 0.136. The van der Waals surface area contributed by atoms with Gasteiger partial charge in [-0.3, -0.25) is 0 Å². The SMILES string of the molecule is COCC(C)OC(=O)c1c(F)ccc(N)c1F. The van der Waals surface area contributed by atoms with Crippen molar-refractivity contribution in [2.45, 2.75) is 13.0 Å². The maximum atomic E-state index is 13.5. The Kier molecular flexibility index (Phi) is 4.39. The molecule has 1 atom stereocenters. The van der Waals surface area contributed by atoms with Gasteiger partial charge >= 0.3 is 5.97 Å². The summed E-state index contributed by atoms with van der Waals surface area (Å²) in [5.74, 6) is -3.22. The van der Waals surface area contributed by atoms with Crippen LogP contribution < -0.4 is 5.73 Å². The lowest BCUT2D eigenvalue weighted by atomic mass is 10.1. The van der Waals surface area contributed by atoms with Crippen LogP contribution >= 0.6 is 0 Å². The standard InChI is InChI=1S/C11H13F2NO3/c1-6(5-16-2)17-11(15)9-7(12)3-4-8(14)10(9)13/h3-4,6H,5,14H2,1-2H3. The first-order chi connectivity index (χ1) is 7.97. The highest BCUT2D eigenvalue weighted by molar-refractivity contribution is 5.91. The van der Waals surface area contributed by atoms with Gasteiger partial charge in [0.15, 0.2) is 5.82 Å². The van der Waals surface area contributed by atoms with Crippen molar-refractivity contribution in [3.8, 4) is 0 Å². The number of carbonyl (C=O) groups excluding carboxylic acids is 1. The van der Waals surface area contributed by atoms with Gasteiger partial charge in [-0.2, -0.15) is 0 Å². The summed E-state index contributed by atoms with van der Waals surface area (Å²) < 4.78 is 36.3. The summed E-state index contributed by atoms with van der Waals surface area (Å²) in [5, 5.41) is 0. The average Bonchev–Trinajstić information content (AvgIpc) is 2.24. The highest BCUT2D eigenvalue weighted by Crippen LogP contribution is 2.19. The van der Waals surface area contributed by atoms with E-state index in [4.69, 9.17) is 15.2 Å². The predicted molar refractivity (Wildman–Crippen MR) is 57.5 cm³/mol. The summed E-state index contributed by atoms with van der Waals surface area (Å²) in [5.41, 5.74) is 4.15. The van der Waals surface area contributed by atoms with Gasteiger partial charge in [0.1, 0.15) is 17.5 Å². The van der Waals surface area contributed by atoms with Gasteiger partial charge in [0.05, 0.1) is 12.3 Å². The number of carbonyl (C=O) groups is 1. The largest absolute Gasteiger partial charge is 0.456 e. The van der Waals surface area contributed by atoms with E-state index < -0.39 is 29.3 Å². The molecule has 1 rings (SSSR count). The smallest absolute Gasteiger partial charge is 0.344 e. The van der Waals surface area contributed by atoms with Gasteiger partial charge in [0.25, 0.3) is 0 Å². The number of rotatable bonds is 4. The van der Waals surface area contributed by atoms with E-state index >= 15 is 0 Å². The lowest BCUT2D eigenvalue weighted by Crippen LogP contribution is -2.21. The van der Waals surface area contributed by atoms with Crippen LogP contribution in [0, 0.1) is 11.6 Å². The number of methoxy groups -OCH3 is 1. The zero-order chi connectivity index (χ0) is 13.0. The Balaban J connectivity index is 2.93. The second-order valence-electron chi connectivity index (χ2n) is 3.50. The van der Waals surface area contributed by atoms with Gasteiger partial charge in [0.2, 0.25) is 0 Å². The molecule has 0 radical (unpaired) electrons. The molecule has 0 spiro atoms. The first-order valence-electron chi connectivity index (χ1n) is 4.90. The van der Waals surface area contributed by atoms with Crippen LogP contribution in [0.1, 0.15) is 17.3 Å². The van der Waals surface area contributed by atoms with Gasteiger partial charge in [-0.15, -0.1) is 0 Å². The second kappa shape index (κ2) is 5.58. The summed E-state index contributed by atoms with van der Waals surface area (Å²) in [6, 6.07) is 1.95. The zero-order valence-corrected chi connectivity index (χ0v) is 9.50. The van der Waals surface area contributed by atoms with Gasteiger partial charge in [-0.25, -0.2) is 13.6 Å². The molecule has 0 saturated heterocycles. The van der Waals surface area contributed by atoms with Crippen LogP contribution in [0.3, 0.4) is 0 Å². The fourth-order valence-electron chi connectivity index (χ4n) is 1.27. The van der Waals surface area contributed by atoms with Crippen molar-refractivity contribution in [2.75, 3.05) is 19.5 Å². The molecule has 0 amide bonds. The van der Waals surface area contributed by atoms with Crippen molar-refractivity contribution >= 4 is 11.7 Å². The minimum atomic E-state index is -1.11. The molecule has 6 heteroatoms. The number of halogens is 2. The van der Waals surface area contributed by atoms with Crippen LogP contribution in [-0.2, 0) is 9.47 Å². The van der Waals surface area contributed by atoms with E-state index in [1.807, 2.05) is 0 Å². The zero-order valence-electron chi connectivity index (χ0n) is 9.50. The molecule has 0 fully saturated rings. The Hall–Kier alpha value is -1.69. The third-order valence-electron chi connectivity index (χ3n) is 2.03. The summed E-state index contributed by atoms with van der Waals surface area (Å²) in [6.45, 7) is 1.68. The van der Waals surface area contributed by atoms with E-state index in [2.05, 4.69) is 0 Å². The highest BCUT2D eigenvalue weighted by atomic mass is 19.1. The first-order valence-corrected chi connectivity index (χ1v) is 4.90. The Morgan fingerprint density at radius 3 is 2.71 bits per heavy atom. The summed E-state index contributed by atoms with van der Waals surface area (Å²) in [7, 11) is 1.42. The number of nitrogens with two attached hydrogens (primary N) is 1. The van der Waals surface area contributed by atoms with E-state index in [0.717, 1.165) is 12.1 Å². The van der Waals surface area contributed by atoms with Crippen LogP contribution in [0.25, 0.3) is 0 Å². The van der Waals surface area contributed by atoms with E-state index in [0.29, 0.717) is 0 Å². The number of benzene rings is 1. The van der Waals surface area contributed by atoms with Crippen molar-refractivity contribution in [3.05, 3.63) is 29.3 Å². The van der Waals surface area contributed by atoms with Gasteiger partial charge < -0.3 is 15.2 Å². The average molecular weight is 245 g/mol. The molecule has 0 aliphatic rings. The van der Waals surface area contributed by atoms with E-state index in [1.165, 1.54) is 7.11 Å². The van der Waals surface area contributed by atoms with E-state index in [1.54, 1.807) is 6.92 Å². The molecule has 0 aliphatic carbocycles. The lowest BCUT2D eigenvalue weighted by molar-refractivity contribution is 0.0111. The fraction of sp³-hybridized carbons (Fsp3) is 0.364. The molecule has 0 heterocycles. The van der Waals surface area contributed by atoms with Gasteiger partial charge in [-0.05, 0) is 19.1 Å². The number of anilines is 1. The normalized spacial score (nSPS) is 12.2. The van der Waals surface area contributed by atoms with Crippen molar-refractivity contribution in [3.63, 3.8) is 0 Å². The molecule has 94 valence electrons. The van der Waals surface area contributed by atoms with Crippen molar-refractivity contribution in [2.24, 2.45) is 0 Å². The third-order valence-corrected chi connectivity index (χ3v) is 2.03. The maximum Gasteiger partial charge on any atom is 0.344 e. The maximum absolute atomic E-state index is 13.5. The molecule has 2 N–H and O–H groups in total. The lowest BCUT2D eigenvalue weighted by Gasteiger charge is -2.13. The predicted octanol–water partition coefficient (Wildman–Crippen LogP) is 1.74. The van der Waals surface area contributed by atoms with Crippen LogP contribution in [0.4, 0.5) is 14.5 Å². The van der Waals surface area contributed by atoms with E-state index in [9.17, 15) is 13.6 Å². The van der Waals surface area contributed by atoms with E-state index in [-0.39, 0.29) is 12.3 Å². The van der Waals surface area contributed by atoms with Crippen LogP contribution in [0.2, 0.25) is 0 Å². The topological polar surface area (TPSA) is 61.5 Å². The van der Waals surface area contributed by atoms with Crippen molar-refractivity contribution in [1.82, 2.24) is 0 Å². The van der Waals surface area contributed by atoms with Crippen LogP contribution in [0.15, 0.2) is 12.1 Å². The Labute approximate surface area is 97.3 Å². The summed E-state index contributed by atoms with van der Waals surface area (Å²) in [4.78, 5) is 11.5. The first kappa shape index (κ1) is 13.4. The van der Waals surface area contributed by atoms with Crippen LogP contribution in [0.5, 0.6) is 0 Å². The van der Waals surface area contributed by atoms with Gasteiger partial charge in [0, 0.05) is 7.11 Å². The molecular formula is C11H13F2NO3. The molecule has 0 bridgehead atoms. The number of hydrogen-bond donors (Lipinski definition) is 1. The Morgan fingerprint density at radius 1 is 1.47 bits per heavy atom. The third kappa shape index (κ3) is 3.13. The molecule has 1 aromatic rings. The van der Waals surface area contributed by atoms with Crippen molar-refractivity contribution in [1.29, 1.82) is 0 Å². The molecule has 0 aliphatic heterocycles. The number of ether oxygens (including phenoxy) is 2. The fourth-order valence-corrected chi connectivity index (χ4v) is 1.27. The molecule has 4 nitrogen and oxygen atoms in total. The summed E-state index contributed by atoms with van der Waals surface area (Å²) >= 11 is 0. The Morgan fingerprint density at radius 2 is 2.12 bits per heavy atom. The summed E-state index contributed by atoms with van der Waals surface area (Å²) in [6.07, 6.45) is -0.604. The molecule has 0 aromatic heterocycles. The molecule has 17 heavy (non-hydrogen) atoms. The number of hydrogen-bond acceptors (Lipinski definition) is 4. The van der Waals surface area contributed by atoms with Gasteiger partial charge in [-0.1, -0.05) is 0 Å². The second-order valence-corrected chi connectivity index (χ2v) is 3.50. The quantitative estimate of drug-likeness (QED) is 0.648. The molecular weight excluding hydrogens is 232 g/mol. The number of esters is 1.